The molecule has 2 unspecified atom stereocenters. The summed E-state index contributed by atoms with van der Waals surface area (Å²) in [6.45, 7) is 6.77. The Morgan fingerprint density at radius 1 is 0.354 bits per heavy atom. The van der Waals surface area contributed by atoms with E-state index in [4.69, 9.17) is 18.4 Å². The molecule has 0 N–H and O–H groups in total. The van der Waals surface area contributed by atoms with Crippen LogP contribution in [0.5, 0.6) is 0 Å². The van der Waals surface area contributed by atoms with Crippen molar-refractivity contribution >= 4 is 75.1 Å². The zero-order valence-corrected chi connectivity index (χ0v) is 58.9. The average Bonchev–Trinajstić information content (AvgIpc) is 3.61. The van der Waals surface area contributed by atoms with Gasteiger partial charge in [0, 0.05) is 0 Å². The molecule has 14 heteroatoms. The molecule has 0 amide bonds. The normalized spacial score (nSPS) is 17.5. The first-order chi connectivity index (χ1) is 39.8. The minimum absolute atomic E-state index is 0.0746. The SMILES string of the molecule is CCCCCCCCCCCCCCCCCCC1=CC(=O)[O][Sn]([CH3])([O]C(=O)/C=C(/CCCCCCCCCCCCCCCCCC)C(=O)[O][Sn]2([CH3])[O]C(=O)C=C(CCCCCCCCCCCCCCCCCC)C(=O)[O]2)[O]C1=O. The van der Waals surface area contributed by atoms with Gasteiger partial charge in [-0.05, 0) is 0 Å². The first kappa shape index (κ1) is 75.7. The Balaban J connectivity index is 1.90. The van der Waals surface area contributed by atoms with E-state index < -0.39 is 75.1 Å². The third-order valence-electron chi connectivity index (χ3n) is 16.3. The van der Waals surface area contributed by atoms with E-state index in [1.807, 2.05) is 0 Å². The van der Waals surface area contributed by atoms with E-state index >= 15 is 0 Å². The minimum atomic E-state index is -5.21. The molecule has 0 saturated carbocycles. The van der Waals surface area contributed by atoms with Crippen LogP contribution in [0.3, 0.4) is 0 Å². The van der Waals surface area contributed by atoms with Crippen LogP contribution in [-0.2, 0) is 47.2 Å². The first-order valence-corrected chi connectivity index (χ1v) is 47.0. The second-order valence-electron chi connectivity index (χ2n) is 24.3. The van der Waals surface area contributed by atoms with E-state index in [1.54, 1.807) is 0 Å². The van der Waals surface area contributed by atoms with E-state index in [0.717, 1.165) is 82.4 Å². The number of hydrogen-bond acceptors (Lipinski definition) is 12. The summed E-state index contributed by atoms with van der Waals surface area (Å²) in [4.78, 5) is 83.4. The van der Waals surface area contributed by atoms with E-state index in [2.05, 4.69) is 20.8 Å². The molecule has 0 radical (unpaired) electrons. The summed E-state index contributed by atoms with van der Waals surface area (Å²) in [5, 5.41) is 0. The summed E-state index contributed by atoms with van der Waals surface area (Å²) >= 11 is -10.4. The molecule has 2 aliphatic heterocycles. The van der Waals surface area contributed by atoms with Crippen molar-refractivity contribution in [2.45, 2.75) is 358 Å². The molecule has 12 nitrogen and oxygen atoms in total. The summed E-state index contributed by atoms with van der Waals surface area (Å²) in [6.07, 6.45) is 62.1. The standard InChI is InChI=1S/3C22H40O4.2CH3.2Sn/c3*1-2-3-4-5-6-7-8-9-10-11-12-13-14-15-16-17-18-20(22(25)26)19-21(23)24;;;;/h3*19H,2-18H2,1H3,(H,23,24)(H,25,26);2*1H3;;/q;;;;;2*+3/p-6/b20-19-;;;;;;. The predicted molar refractivity (Wildman–Crippen MR) is 337 cm³/mol. The van der Waals surface area contributed by atoms with E-state index in [-0.39, 0.29) is 23.1 Å². The van der Waals surface area contributed by atoms with E-state index in [0.29, 0.717) is 32.1 Å². The molecule has 0 aromatic rings. The van der Waals surface area contributed by atoms with Crippen molar-refractivity contribution in [1.82, 2.24) is 0 Å². The fraction of sp³-hybridized carbons (Fsp3) is 0.824. The third kappa shape index (κ3) is 40.9. The average molecular weight is 1370 g/mol. The van der Waals surface area contributed by atoms with Gasteiger partial charge in [0.2, 0.25) is 0 Å². The molecule has 2 aliphatic rings. The number of carbonyl (C=O) groups excluding carboxylic acids is 6. The molecule has 472 valence electrons. The van der Waals surface area contributed by atoms with Crippen LogP contribution in [0.15, 0.2) is 34.9 Å². The molecule has 0 aliphatic carbocycles. The van der Waals surface area contributed by atoms with Gasteiger partial charge in [-0.15, -0.1) is 0 Å². The Kier molecular flexibility index (Phi) is 46.9. The van der Waals surface area contributed by atoms with Crippen LogP contribution in [0, 0.1) is 0 Å². The second-order valence-corrected chi connectivity index (χ2v) is 37.7. The maximum absolute atomic E-state index is 14.0. The van der Waals surface area contributed by atoms with Crippen molar-refractivity contribution in [2.75, 3.05) is 0 Å². The van der Waals surface area contributed by atoms with Crippen LogP contribution in [0.2, 0.25) is 9.88 Å². The molecule has 0 fully saturated rings. The molecule has 0 aromatic heterocycles. The van der Waals surface area contributed by atoms with Crippen molar-refractivity contribution in [3.05, 3.63) is 34.9 Å². The van der Waals surface area contributed by atoms with Crippen molar-refractivity contribution < 1.29 is 47.2 Å². The molecular weight excluding hydrogens is 1250 g/mol. The Morgan fingerprint density at radius 3 is 0.878 bits per heavy atom. The van der Waals surface area contributed by atoms with Gasteiger partial charge in [0.25, 0.3) is 0 Å². The number of carbonyl (C=O) groups is 6. The van der Waals surface area contributed by atoms with Crippen LogP contribution in [0.1, 0.15) is 348 Å². The van der Waals surface area contributed by atoms with Gasteiger partial charge in [-0.2, -0.15) is 0 Å². The summed E-state index contributed by atoms with van der Waals surface area (Å²) in [6, 6.07) is 0. The summed E-state index contributed by atoms with van der Waals surface area (Å²) in [5.41, 5.74) is 0.302. The van der Waals surface area contributed by atoms with Crippen molar-refractivity contribution in [1.29, 1.82) is 0 Å². The van der Waals surface area contributed by atoms with Crippen molar-refractivity contribution in [3.63, 3.8) is 0 Å². The van der Waals surface area contributed by atoms with E-state index in [9.17, 15) is 28.8 Å². The predicted octanol–water partition coefficient (Wildman–Crippen LogP) is 20.1. The van der Waals surface area contributed by atoms with Gasteiger partial charge < -0.3 is 0 Å². The van der Waals surface area contributed by atoms with Gasteiger partial charge in [0.15, 0.2) is 0 Å². The Bertz CT molecular complexity index is 1830. The molecule has 0 aromatic carbocycles. The van der Waals surface area contributed by atoms with Gasteiger partial charge in [0.05, 0.1) is 0 Å². The molecule has 0 spiro atoms. The molecule has 82 heavy (non-hydrogen) atoms. The number of unbranched alkanes of at least 4 members (excludes halogenated alkanes) is 45. The summed E-state index contributed by atoms with van der Waals surface area (Å²) < 4.78 is 34.2. The molecule has 2 rings (SSSR count). The molecule has 2 atom stereocenters. The van der Waals surface area contributed by atoms with Crippen LogP contribution < -0.4 is 0 Å². The van der Waals surface area contributed by atoms with Crippen molar-refractivity contribution in [2.24, 2.45) is 0 Å². The monoisotopic (exact) mass is 1370 g/mol. The van der Waals surface area contributed by atoms with Crippen LogP contribution in [-0.4, -0.2) is 75.1 Å². The van der Waals surface area contributed by atoms with Crippen molar-refractivity contribution in [3.8, 4) is 0 Å². The molecule has 2 heterocycles. The topological polar surface area (TPSA) is 158 Å². The second kappa shape index (κ2) is 50.8. The molecular formula is C68H120O12Sn2. The Hall–Kier alpha value is -2.36. The Morgan fingerprint density at radius 2 is 0.598 bits per heavy atom. The van der Waals surface area contributed by atoms with Gasteiger partial charge in [0.1, 0.15) is 0 Å². The van der Waals surface area contributed by atoms with Gasteiger partial charge in [-0.25, -0.2) is 0 Å². The number of rotatable bonds is 55. The first-order valence-electron chi connectivity index (χ1n) is 34.3. The zero-order chi connectivity index (χ0) is 59.6. The van der Waals surface area contributed by atoms with Crippen LogP contribution in [0.25, 0.3) is 0 Å². The van der Waals surface area contributed by atoms with Crippen LogP contribution >= 0.6 is 0 Å². The summed E-state index contributed by atoms with van der Waals surface area (Å²) in [5.74, 6) is -5.06. The zero-order valence-electron chi connectivity index (χ0n) is 53.2. The number of hydrogen-bond donors (Lipinski definition) is 0. The Labute approximate surface area is 511 Å². The van der Waals surface area contributed by atoms with Gasteiger partial charge >= 0.3 is 340 Å². The molecule has 0 saturated heterocycles. The maximum atomic E-state index is 14.0. The fourth-order valence-corrected chi connectivity index (χ4v) is 19.5. The molecule has 0 bridgehead atoms. The van der Waals surface area contributed by atoms with Crippen LogP contribution in [0.4, 0.5) is 0 Å². The third-order valence-corrected chi connectivity index (χ3v) is 25.9. The quantitative estimate of drug-likeness (QED) is 0.0323. The fourth-order valence-electron chi connectivity index (χ4n) is 11.2. The van der Waals surface area contributed by atoms with E-state index in [1.165, 1.54) is 235 Å². The summed E-state index contributed by atoms with van der Waals surface area (Å²) in [7, 11) is 0. The van der Waals surface area contributed by atoms with Gasteiger partial charge in [-0.1, -0.05) is 175 Å². The van der Waals surface area contributed by atoms with Gasteiger partial charge in [-0.3, -0.25) is 0 Å².